The zero-order valence-corrected chi connectivity index (χ0v) is 24.6. The van der Waals surface area contributed by atoms with Crippen molar-refractivity contribution in [2.24, 2.45) is 0 Å². The SMILES string of the molecule is COc1cccc(Cn2c(-c3ccc4nc(-c5ccc(C)cc5)ccc4c3)c(-c3ccccc3)c3sc(C(=O)O)cc32)c1. The highest BCUT2D eigenvalue weighted by atomic mass is 32.1. The number of pyridine rings is 1. The molecule has 7 rings (SSSR count). The van der Waals surface area contributed by atoms with Gasteiger partial charge in [-0.1, -0.05) is 84.4 Å². The van der Waals surface area contributed by atoms with Gasteiger partial charge in [0.15, 0.2) is 0 Å². The van der Waals surface area contributed by atoms with Crippen LogP contribution in [0.2, 0.25) is 0 Å². The molecule has 5 nitrogen and oxygen atoms in total. The molecule has 6 heteroatoms. The molecule has 1 N–H and O–H groups in total. The van der Waals surface area contributed by atoms with E-state index >= 15 is 0 Å². The third-order valence-electron chi connectivity index (χ3n) is 7.80. The maximum Gasteiger partial charge on any atom is 0.345 e. The van der Waals surface area contributed by atoms with Crippen LogP contribution in [0.5, 0.6) is 5.75 Å². The second-order valence-corrected chi connectivity index (χ2v) is 11.7. The lowest BCUT2D eigenvalue weighted by Gasteiger charge is -2.15. The zero-order chi connectivity index (χ0) is 29.5. The van der Waals surface area contributed by atoms with Crippen molar-refractivity contribution in [2.45, 2.75) is 13.5 Å². The van der Waals surface area contributed by atoms with Gasteiger partial charge in [-0.3, -0.25) is 0 Å². The number of carboxylic acids is 1. The number of nitrogens with zero attached hydrogens (tertiary/aromatic N) is 2. The van der Waals surface area contributed by atoms with Gasteiger partial charge in [0, 0.05) is 23.1 Å². The summed E-state index contributed by atoms with van der Waals surface area (Å²) in [5.74, 6) is -0.140. The molecule has 0 radical (unpaired) electrons. The van der Waals surface area contributed by atoms with E-state index in [1.165, 1.54) is 16.9 Å². The fourth-order valence-corrected chi connectivity index (χ4v) is 6.75. The fraction of sp³-hybridized carbons (Fsp3) is 0.0811. The molecule has 43 heavy (non-hydrogen) atoms. The number of ether oxygens (including phenoxy) is 1. The number of fused-ring (bicyclic) bond motifs is 2. The Morgan fingerprint density at radius 2 is 1.63 bits per heavy atom. The van der Waals surface area contributed by atoms with Gasteiger partial charge >= 0.3 is 5.97 Å². The Kier molecular flexibility index (Phi) is 6.76. The highest BCUT2D eigenvalue weighted by Crippen LogP contribution is 2.45. The highest BCUT2D eigenvalue weighted by Gasteiger charge is 2.24. The minimum atomic E-state index is -0.921. The van der Waals surface area contributed by atoms with Crippen LogP contribution in [0.25, 0.3) is 54.8 Å². The quantitative estimate of drug-likeness (QED) is 0.204. The van der Waals surface area contributed by atoms with Crippen molar-refractivity contribution < 1.29 is 14.6 Å². The number of benzene rings is 4. The molecule has 4 aromatic carbocycles. The standard InChI is InChI=1S/C37H28N2O3S/c1-23-11-13-25(14-12-23)30-17-15-27-20-28(16-18-31(27)38-30)35-34(26-8-4-3-5-9-26)36-32(21-33(43-36)37(40)41)39(35)22-24-7-6-10-29(19-24)42-2/h3-21H,22H2,1-2H3,(H,40,41). The third kappa shape index (κ3) is 4.96. The second-order valence-electron chi connectivity index (χ2n) is 10.6. The van der Waals surface area contributed by atoms with Crippen LogP contribution in [-0.2, 0) is 6.54 Å². The van der Waals surface area contributed by atoms with Crippen molar-refractivity contribution in [3.8, 4) is 39.4 Å². The van der Waals surface area contributed by atoms with Crippen LogP contribution in [0.15, 0.2) is 115 Å². The van der Waals surface area contributed by atoms with Crippen LogP contribution in [-0.4, -0.2) is 27.7 Å². The molecule has 3 aromatic heterocycles. The van der Waals surface area contributed by atoms with Gasteiger partial charge in [-0.05, 0) is 60.0 Å². The lowest BCUT2D eigenvalue weighted by atomic mass is 9.99. The van der Waals surface area contributed by atoms with E-state index in [0.717, 1.165) is 66.1 Å². The Bertz CT molecular complexity index is 2130. The van der Waals surface area contributed by atoms with Crippen molar-refractivity contribution in [3.63, 3.8) is 0 Å². The lowest BCUT2D eigenvalue weighted by Crippen LogP contribution is -2.03. The molecular formula is C37H28N2O3S. The zero-order valence-electron chi connectivity index (χ0n) is 23.7. The first kappa shape index (κ1) is 26.7. The van der Waals surface area contributed by atoms with E-state index in [1.807, 2.05) is 36.4 Å². The minimum Gasteiger partial charge on any atom is -0.497 e. The van der Waals surface area contributed by atoms with Crippen molar-refractivity contribution in [1.82, 2.24) is 9.55 Å². The summed E-state index contributed by atoms with van der Waals surface area (Å²) in [5, 5.41) is 11.0. The van der Waals surface area contributed by atoms with E-state index in [9.17, 15) is 9.90 Å². The number of aromatic carboxylic acids is 1. The van der Waals surface area contributed by atoms with Crippen LogP contribution in [0.1, 0.15) is 20.8 Å². The van der Waals surface area contributed by atoms with Crippen molar-refractivity contribution >= 4 is 38.4 Å². The first-order chi connectivity index (χ1) is 21.0. The number of aryl methyl sites for hydroxylation is 1. The van der Waals surface area contributed by atoms with E-state index < -0.39 is 5.97 Å². The Hall–Kier alpha value is -5.20. The van der Waals surface area contributed by atoms with Gasteiger partial charge in [0.2, 0.25) is 0 Å². The number of hydrogen-bond donors (Lipinski definition) is 1. The fourth-order valence-electron chi connectivity index (χ4n) is 5.68. The molecule has 0 amide bonds. The number of rotatable bonds is 7. The van der Waals surface area contributed by atoms with Gasteiger partial charge in [-0.25, -0.2) is 9.78 Å². The van der Waals surface area contributed by atoms with E-state index in [0.29, 0.717) is 11.4 Å². The molecule has 7 aromatic rings. The first-order valence-electron chi connectivity index (χ1n) is 14.0. The number of hydrogen-bond acceptors (Lipinski definition) is 4. The van der Waals surface area contributed by atoms with Crippen LogP contribution < -0.4 is 4.74 Å². The van der Waals surface area contributed by atoms with Gasteiger partial charge in [0.25, 0.3) is 0 Å². The molecule has 0 aliphatic rings. The summed E-state index contributed by atoms with van der Waals surface area (Å²) in [6.07, 6.45) is 0. The molecule has 0 spiro atoms. The smallest absolute Gasteiger partial charge is 0.345 e. The molecule has 0 unspecified atom stereocenters. The van der Waals surface area contributed by atoms with Gasteiger partial charge in [0.1, 0.15) is 10.6 Å². The van der Waals surface area contributed by atoms with E-state index in [4.69, 9.17) is 9.72 Å². The van der Waals surface area contributed by atoms with Gasteiger partial charge in [-0.2, -0.15) is 0 Å². The van der Waals surface area contributed by atoms with Crippen molar-refractivity contribution in [2.75, 3.05) is 7.11 Å². The van der Waals surface area contributed by atoms with Crippen LogP contribution >= 0.6 is 11.3 Å². The van der Waals surface area contributed by atoms with Crippen molar-refractivity contribution in [3.05, 3.63) is 131 Å². The predicted octanol–water partition coefficient (Wildman–Crippen LogP) is 9.32. The van der Waals surface area contributed by atoms with Gasteiger partial charge in [-0.15, -0.1) is 11.3 Å². The van der Waals surface area contributed by atoms with Crippen LogP contribution in [0.4, 0.5) is 0 Å². The number of carbonyl (C=O) groups is 1. The molecule has 3 heterocycles. The summed E-state index contributed by atoms with van der Waals surface area (Å²) < 4.78 is 8.70. The van der Waals surface area contributed by atoms with Crippen molar-refractivity contribution in [1.29, 1.82) is 0 Å². The first-order valence-corrected chi connectivity index (χ1v) is 14.9. The average Bonchev–Trinajstić information content (AvgIpc) is 3.60. The maximum absolute atomic E-state index is 12.1. The lowest BCUT2D eigenvalue weighted by molar-refractivity contribution is 0.0702. The van der Waals surface area contributed by atoms with Crippen LogP contribution in [0, 0.1) is 6.92 Å². The normalized spacial score (nSPS) is 11.3. The number of aromatic nitrogens is 2. The summed E-state index contributed by atoms with van der Waals surface area (Å²) in [6.45, 7) is 2.63. The Balaban J connectivity index is 1.45. The summed E-state index contributed by atoms with van der Waals surface area (Å²) in [5.41, 5.74) is 10.3. The number of thiophene rings is 1. The third-order valence-corrected chi connectivity index (χ3v) is 8.92. The summed E-state index contributed by atoms with van der Waals surface area (Å²) in [7, 11) is 1.66. The van der Waals surface area contributed by atoms with E-state index in [1.54, 1.807) is 13.2 Å². The molecule has 0 bridgehead atoms. The highest BCUT2D eigenvalue weighted by molar-refractivity contribution is 7.21. The monoisotopic (exact) mass is 580 g/mol. The number of methoxy groups -OCH3 is 1. The predicted molar refractivity (Wildman–Crippen MR) is 175 cm³/mol. The largest absolute Gasteiger partial charge is 0.497 e. The average molecular weight is 581 g/mol. The summed E-state index contributed by atoms with van der Waals surface area (Å²) >= 11 is 1.32. The van der Waals surface area contributed by atoms with E-state index in [2.05, 4.69) is 84.3 Å². The number of carboxylic acid groups (broad SMARTS) is 1. The molecular weight excluding hydrogens is 552 g/mol. The Labute approximate surface area is 253 Å². The molecule has 0 saturated carbocycles. The van der Waals surface area contributed by atoms with Crippen LogP contribution in [0.3, 0.4) is 0 Å². The summed E-state index contributed by atoms with van der Waals surface area (Å²) in [6, 6.07) is 39.0. The van der Waals surface area contributed by atoms with Gasteiger partial charge in [0.05, 0.1) is 34.2 Å². The Morgan fingerprint density at radius 1 is 0.837 bits per heavy atom. The molecule has 210 valence electrons. The molecule has 0 fully saturated rings. The Morgan fingerprint density at radius 3 is 2.40 bits per heavy atom. The topological polar surface area (TPSA) is 64.4 Å². The van der Waals surface area contributed by atoms with E-state index in [-0.39, 0.29) is 0 Å². The molecule has 0 aliphatic heterocycles. The van der Waals surface area contributed by atoms with Gasteiger partial charge < -0.3 is 14.4 Å². The molecule has 0 aliphatic carbocycles. The second kappa shape index (κ2) is 10.9. The maximum atomic E-state index is 12.1. The minimum absolute atomic E-state index is 0.319. The molecule has 0 saturated heterocycles. The molecule has 0 atom stereocenters. The summed E-state index contributed by atoms with van der Waals surface area (Å²) in [4.78, 5) is 17.4.